The lowest BCUT2D eigenvalue weighted by Crippen LogP contribution is -1.78. The van der Waals surface area contributed by atoms with Crippen molar-refractivity contribution in [1.82, 2.24) is 4.98 Å². The number of fused-ring (bicyclic) bond motifs is 1. The molecule has 0 spiro atoms. The van der Waals surface area contributed by atoms with E-state index in [1.807, 2.05) is 30.3 Å². The summed E-state index contributed by atoms with van der Waals surface area (Å²) < 4.78 is 19.1. The number of hydrogen-bond acceptors (Lipinski definition) is 2. The van der Waals surface area contributed by atoms with Crippen molar-refractivity contribution < 1.29 is 8.81 Å². The first kappa shape index (κ1) is 12.1. The van der Waals surface area contributed by atoms with Crippen LogP contribution in [0.25, 0.3) is 23.3 Å². The third-order valence-corrected chi connectivity index (χ3v) is 3.28. The number of halogens is 2. The van der Waals surface area contributed by atoms with E-state index in [0.717, 1.165) is 16.7 Å². The van der Waals surface area contributed by atoms with Crippen molar-refractivity contribution in [2.24, 2.45) is 0 Å². The van der Waals surface area contributed by atoms with E-state index in [4.69, 9.17) is 4.42 Å². The van der Waals surface area contributed by atoms with E-state index in [9.17, 15) is 4.39 Å². The zero-order valence-corrected chi connectivity index (χ0v) is 11.4. The summed E-state index contributed by atoms with van der Waals surface area (Å²) in [6, 6.07) is 12.4. The van der Waals surface area contributed by atoms with Gasteiger partial charge in [-0.05, 0) is 51.8 Å². The largest absolute Gasteiger partial charge is 0.437 e. The Hall–Kier alpha value is -1.94. The molecule has 0 N–H and O–H groups in total. The van der Waals surface area contributed by atoms with Crippen LogP contribution < -0.4 is 0 Å². The fourth-order valence-corrected chi connectivity index (χ4v) is 2.14. The molecule has 94 valence electrons. The van der Waals surface area contributed by atoms with Crippen LogP contribution in [0.15, 0.2) is 51.4 Å². The molecule has 0 aliphatic heterocycles. The van der Waals surface area contributed by atoms with Crippen LogP contribution in [0.4, 0.5) is 4.39 Å². The lowest BCUT2D eigenvalue weighted by molar-refractivity contribution is 0.590. The SMILES string of the molecule is Fc1ccc(/C=C/c2nc3ccccc3o2)cc1Br. The molecule has 4 heteroatoms. The Morgan fingerprint density at radius 3 is 2.74 bits per heavy atom. The van der Waals surface area contributed by atoms with E-state index in [1.54, 1.807) is 18.2 Å². The first-order chi connectivity index (χ1) is 9.22. The molecule has 3 aromatic rings. The second-order valence-electron chi connectivity index (χ2n) is 4.03. The lowest BCUT2D eigenvalue weighted by Gasteiger charge is -1.95. The summed E-state index contributed by atoms with van der Waals surface area (Å²) in [5.74, 6) is 0.251. The van der Waals surface area contributed by atoms with Gasteiger partial charge < -0.3 is 4.42 Å². The molecule has 3 rings (SSSR count). The van der Waals surface area contributed by atoms with Crippen LogP contribution in [0.2, 0.25) is 0 Å². The molecule has 0 radical (unpaired) electrons. The van der Waals surface area contributed by atoms with Crippen molar-refractivity contribution in [2.75, 3.05) is 0 Å². The predicted octanol–water partition coefficient (Wildman–Crippen LogP) is 4.90. The number of nitrogens with zero attached hydrogens (tertiary/aromatic N) is 1. The van der Waals surface area contributed by atoms with Crippen molar-refractivity contribution in [3.63, 3.8) is 0 Å². The van der Waals surface area contributed by atoms with E-state index < -0.39 is 0 Å². The minimum Gasteiger partial charge on any atom is -0.437 e. The van der Waals surface area contributed by atoms with Crippen LogP contribution in [0, 0.1) is 5.82 Å². The Morgan fingerprint density at radius 2 is 1.95 bits per heavy atom. The Labute approximate surface area is 117 Å². The minimum absolute atomic E-state index is 0.279. The van der Waals surface area contributed by atoms with Crippen LogP contribution in [0.3, 0.4) is 0 Å². The Morgan fingerprint density at radius 1 is 1.11 bits per heavy atom. The molecule has 1 aromatic heterocycles. The summed E-state index contributed by atoms with van der Waals surface area (Å²) >= 11 is 3.15. The fraction of sp³-hybridized carbons (Fsp3) is 0. The Bertz CT molecular complexity index is 731. The highest BCUT2D eigenvalue weighted by Crippen LogP contribution is 2.20. The maximum atomic E-state index is 13.1. The number of rotatable bonds is 2. The van der Waals surface area contributed by atoms with Crippen LogP contribution in [0.5, 0.6) is 0 Å². The Kier molecular flexibility index (Phi) is 3.17. The molecule has 0 unspecified atom stereocenters. The summed E-state index contributed by atoms with van der Waals surface area (Å²) in [4.78, 5) is 4.33. The molecule has 0 bridgehead atoms. The summed E-state index contributed by atoms with van der Waals surface area (Å²) in [6.07, 6.45) is 3.59. The first-order valence-electron chi connectivity index (χ1n) is 5.71. The maximum Gasteiger partial charge on any atom is 0.220 e. The first-order valence-corrected chi connectivity index (χ1v) is 6.50. The molecule has 19 heavy (non-hydrogen) atoms. The van der Waals surface area contributed by atoms with Gasteiger partial charge in [0.1, 0.15) is 11.3 Å². The summed E-state index contributed by atoms with van der Waals surface area (Å²) in [5, 5.41) is 0. The normalized spacial score (nSPS) is 11.5. The predicted molar refractivity (Wildman–Crippen MR) is 77.0 cm³/mol. The van der Waals surface area contributed by atoms with Crippen LogP contribution in [-0.4, -0.2) is 4.98 Å². The van der Waals surface area contributed by atoms with Gasteiger partial charge in [0.25, 0.3) is 0 Å². The van der Waals surface area contributed by atoms with Gasteiger partial charge in [0.2, 0.25) is 5.89 Å². The highest BCUT2D eigenvalue weighted by molar-refractivity contribution is 9.10. The molecule has 0 saturated heterocycles. The van der Waals surface area contributed by atoms with Crippen molar-refractivity contribution in [1.29, 1.82) is 0 Å². The van der Waals surface area contributed by atoms with Gasteiger partial charge in [-0.25, -0.2) is 9.37 Å². The number of benzene rings is 2. The molecule has 0 atom stereocenters. The van der Waals surface area contributed by atoms with Crippen LogP contribution in [0.1, 0.15) is 11.5 Å². The van der Waals surface area contributed by atoms with Gasteiger partial charge in [0.15, 0.2) is 5.58 Å². The topological polar surface area (TPSA) is 26.0 Å². The molecule has 2 nitrogen and oxygen atoms in total. The number of hydrogen-bond donors (Lipinski definition) is 0. The molecule has 0 fully saturated rings. The molecule has 0 saturated carbocycles. The quantitative estimate of drug-likeness (QED) is 0.672. The highest BCUT2D eigenvalue weighted by Gasteiger charge is 2.02. The van der Waals surface area contributed by atoms with E-state index >= 15 is 0 Å². The molecule has 0 aliphatic carbocycles. The lowest BCUT2D eigenvalue weighted by atomic mass is 10.2. The van der Waals surface area contributed by atoms with Gasteiger partial charge in [-0.1, -0.05) is 18.2 Å². The van der Waals surface area contributed by atoms with Crippen LogP contribution >= 0.6 is 15.9 Å². The summed E-state index contributed by atoms with van der Waals surface area (Å²) in [5.41, 5.74) is 2.44. The van der Waals surface area contributed by atoms with Gasteiger partial charge in [-0.2, -0.15) is 0 Å². The van der Waals surface area contributed by atoms with E-state index in [0.29, 0.717) is 10.4 Å². The van der Waals surface area contributed by atoms with Gasteiger partial charge in [0.05, 0.1) is 4.47 Å². The van der Waals surface area contributed by atoms with Gasteiger partial charge in [-0.3, -0.25) is 0 Å². The van der Waals surface area contributed by atoms with Gasteiger partial charge in [0, 0.05) is 6.08 Å². The highest BCUT2D eigenvalue weighted by atomic mass is 79.9. The average Bonchev–Trinajstić information content (AvgIpc) is 2.83. The van der Waals surface area contributed by atoms with E-state index in [2.05, 4.69) is 20.9 Å². The maximum absolute atomic E-state index is 13.1. The Balaban J connectivity index is 1.91. The van der Waals surface area contributed by atoms with Gasteiger partial charge in [-0.15, -0.1) is 0 Å². The standard InChI is InChI=1S/C15H9BrFNO/c16-11-9-10(5-7-12(11)17)6-8-15-18-13-3-1-2-4-14(13)19-15/h1-9H/b8-6+. The van der Waals surface area contributed by atoms with Gasteiger partial charge >= 0.3 is 0 Å². The minimum atomic E-state index is -0.279. The molecule has 0 amide bonds. The number of aromatic nitrogens is 1. The monoisotopic (exact) mass is 317 g/mol. The van der Waals surface area contributed by atoms with Crippen molar-refractivity contribution >= 4 is 39.2 Å². The average molecular weight is 318 g/mol. The smallest absolute Gasteiger partial charge is 0.220 e. The molecular formula is C15H9BrFNO. The molecule has 1 heterocycles. The van der Waals surface area contributed by atoms with Crippen molar-refractivity contribution in [3.8, 4) is 0 Å². The second kappa shape index (κ2) is 4.97. The summed E-state index contributed by atoms with van der Waals surface area (Å²) in [6.45, 7) is 0. The molecular weight excluding hydrogens is 309 g/mol. The number of para-hydroxylation sites is 2. The zero-order chi connectivity index (χ0) is 13.2. The van der Waals surface area contributed by atoms with Crippen molar-refractivity contribution in [2.45, 2.75) is 0 Å². The van der Waals surface area contributed by atoms with Crippen molar-refractivity contribution in [3.05, 3.63) is 64.2 Å². The molecule has 0 aliphatic rings. The zero-order valence-electron chi connectivity index (χ0n) is 9.81. The third kappa shape index (κ3) is 2.58. The number of oxazole rings is 1. The third-order valence-electron chi connectivity index (χ3n) is 2.67. The van der Waals surface area contributed by atoms with E-state index in [-0.39, 0.29) is 5.82 Å². The summed E-state index contributed by atoms with van der Waals surface area (Å²) in [7, 11) is 0. The van der Waals surface area contributed by atoms with Crippen LogP contribution in [-0.2, 0) is 0 Å². The second-order valence-corrected chi connectivity index (χ2v) is 4.88. The van der Waals surface area contributed by atoms with E-state index in [1.165, 1.54) is 6.07 Å². The fourth-order valence-electron chi connectivity index (χ4n) is 1.74. The molecule has 2 aromatic carbocycles.